The van der Waals surface area contributed by atoms with Gasteiger partial charge < -0.3 is 15.4 Å². The van der Waals surface area contributed by atoms with Crippen molar-refractivity contribution >= 4 is 17.3 Å². The van der Waals surface area contributed by atoms with Gasteiger partial charge in [0, 0.05) is 19.1 Å². The largest absolute Gasteiger partial charge is 0.366 e. The molecule has 1 aliphatic rings. The Hall–Kier alpha value is -0.770. The van der Waals surface area contributed by atoms with E-state index in [-0.39, 0.29) is 17.2 Å². The molecule has 2 N–H and O–H groups in total. The first-order chi connectivity index (χ1) is 9.60. The van der Waals surface area contributed by atoms with E-state index in [1.54, 1.807) is 0 Å². The van der Waals surface area contributed by atoms with Crippen LogP contribution in [0.5, 0.6) is 0 Å². The molecule has 1 fully saturated rings. The van der Waals surface area contributed by atoms with Crippen molar-refractivity contribution in [2.24, 2.45) is 5.73 Å². The number of benzene rings is 1. The summed E-state index contributed by atoms with van der Waals surface area (Å²) in [7, 11) is 0. The average Bonchev–Trinajstić information content (AvgIpc) is 2.23. The Morgan fingerprint density at radius 3 is 2.33 bits per heavy atom. The average molecular weight is 311 g/mol. The fourth-order valence-corrected chi connectivity index (χ4v) is 3.69. The van der Waals surface area contributed by atoms with Crippen LogP contribution < -0.4 is 10.6 Å². The van der Waals surface area contributed by atoms with E-state index < -0.39 is 0 Å². The summed E-state index contributed by atoms with van der Waals surface area (Å²) in [6, 6.07) is 6.20. The molecule has 1 aromatic rings. The third-order valence-corrected chi connectivity index (χ3v) is 3.93. The minimum atomic E-state index is -0.202. The van der Waals surface area contributed by atoms with Crippen LogP contribution in [0.2, 0.25) is 5.02 Å². The highest BCUT2D eigenvalue weighted by molar-refractivity contribution is 6.33. The van der Waals surface area contributed by atoms with E-state index in [1.165, 1.54) is 5.56 Å². The van der Waals surface area contributed by atoms with Crippen molar-refractivity contribution in [3.63, 3.8) is 0 Å². The highest BCUT2D eigenvalue weighted by Crippen LogP contribution is 2.37. The first kappa shape index (κ1) is 16.6. The third-order valence-electron chi connectivity index (χ3n) is 3.62. The normalized spacial score (nSPS) is 22.1. The van der Waals surface area contributed by atoms with Gasteiger partial charge in [-0.3, -0.25) is 0 Å². The molecule has 1 heterocycles. The van der Waals surface area contributed by atoms with Gasteiger partial charge in [-0.25, -0.2) is 0 Å². The lowest BCUT2D eigenvalue weighted by molar-refractivity contribution is -0.133. The molecule has 1 unspecified atom stereocenters. The molecule has 1 atom stereocenters. The first-order valence-electron chi connectivity index (χ1n) is 7.58. The standard InChI is InChI=1S/C17H27ClN2O/c1-12(19)9-13-7-6-8-14(18)15(13)20-10-16(2,3)21-17(4,5)11-20/h6-8,12H,9-11,19H2,1-5H3. The van der Waals surface area contributed by atoms with Gasteiger partial charge in [-0.2, -0.15) is 0 Å². The second kappa shape index (κ2) is 5.79. The van der Waals surface area contributed by atoms with Gasteiger partial charge in [0.1, 0.15) is 0 Å². The Kier molecular flexibility index (Phi) is 4.57. The second-order valence-corrected chi connectivity index (χ2v) is 7.81. The van der Waals surface area contributed by atoms with Gasteiger partial charge in [0.05, 0.1) is 21.9 Å². The fourth-order valence-electron chi connectivity index (χ4n) is 3.37. The number of ether oxygens (including phenoxy) is 1. The molecule has 0 amide bonds. The van der Waals surface area contributed by atoms with E-state index in [0.29, 0.717) is 0 Å². The number of hydrogen-bond donors (Lipinski definition) is 1. The van der Waals surface area contributed by atoms with Crippen molar-refractivity contribution in [2.75, 3.05) is 18.0 Å². The molecule has 1 aromatic carbocycles. The maximum atomic E-state index is 6.51. The highest BCUT2D eigenvalue weighted by atomic mass is 35.5. The lowest BCUT2D eigenvalue weighted by Crippen LogP contribution is -2.57. The van der Waals surface area contributed by atoms with Crippen LogP contribution in [0.1, 0.15) is 40.2 Å². The van der Waals surface area contributed by atoms with Crippen LogP contribution >= 0.6 is 11.6 Å². The van der Waals surface area contributed by atoms with Crippen molar-refractivity contribution in [2.45, 2.75) is 58.3 Å². The quantitative estimate of drug-likeness (QED) is 0.926. The number of morpholine rings is 1. The number of para-hydroxylation sites is 1. The van der Waals surface area contributed by atoms with Crippen LogP contribution in [-0.4, -0.2) is 30.3 Å². The molecular formula is C17H27ClN2O. The number of nitrogens with two attached hydrogens (primary N) is 1. The number of anilines is 1. The van der Waals surface area contributed by atoms with Crippen molar-refractivity contribution in [3.05, 3.63) is 28.8 Å². The number of nitrogens with zero attached hydrogens (tertiary/aromatic N) is 1. The molecule has 0 aliphatic carbocycles. The van der Waals surface area contributed by atoms with Gasteiger partial charge >= 0.3 is 0 Å². The maximum Gasteiger partial charge on any atom is 0.0808 e. The zero-order valence-corrected chi connectivity index (χ0v) is 14.5. The molecule has 0 saturated carbocycles. The summed E-state index contributed by atoms with van der Waals surface area (Å²) >= 11 is 6.51. The highest BCUT2D eigenvalue weighted by Gasteiger charge is 2.39. The summed E-state index contributed by atoms with van der Waals surface area (Å²) in [6.45, 7) is 12.2. The van der Waals surface area contributed by atoms with Gasteiger partial charge in [0.15, 0.2) is 0 Å². The summed E-state index contributed by atoms with van der Waals surface area (Å²) in [4.78, 5) is 2.35. The van der Waals surface area contributed by atoms with Gasteiger partial charge in [-0.1, -0.05) is 23.7 Å². The van der Waals surface area contributed by atoms with Crippen LogP contribution in [-0.2, 0) is 11.2 Å². The molecule has 0 spiro atoms. The maximum absolute atomic E-state index is 6.51. The minimum Gasteiger partial charge on any atom is -0.366 e. The van der Waals surface area contributed by atoms with Crippen molar-refractivity contribution in [3.8, 4) is 0 Å². The van der Waals surface area contributed by atoms with Gasteiger partial charge in [-0.15, -0.1) is 0 Å². The smallest absolute Gasteiger partial charge is 0.0808 e. The van der Waals surface area contributed by atoms with Crippen LogP contribution in [0, 0.1) is 0 Å². The van der Waals surface area contributed by atoms with E-state index >= 15 is 0 Å². The predicted octanol–water partition coefficient (Wildman–Crippen LogP) is 3.62. The zero-order valence-electron chi connectivity index (χ0n) is 13.7. The van der Waals surface area contributed by atoms with Gasteiger partial charge in [0.25, 0.3) is 0 Å². The molecule has 1 saturated heterocycles. The van der Waals surface area contributed by atoms with E-state index in [1.807, 2.05) is 19.1 Å². The van der Waals surface area contributed by atoms with Crippen LogP contribution in [0.15, 0.2) is 18.2 Å². The summed E-state index contributed by atoms with van der Waals surface area (Å²) in [5.41, 5.74) is 7.92. The minimum absolute atomic E-state index is 0.115. The Bertz CT molecular complexity index is 496. The van der Waals surface area contributed by atoms with Crippen molar-refractivity contribution in [1.29, 1.82) is 0 Å². The molecule has 2 rings (SSSR count). The Labute approximate surface area is 133 Å². The van der Waals surface area contributed by atoms with E-state index in [2.05, 4.69) is 38.7 Å². The number of rotatable bonds is 3. The second-order valence-electron chi connectivity index (χ2n) is 7.41. The summed E-state index contributed by atoms with van der Waals surface area (Å²) in [5.74, 6) is 0. The molecule has 3 nitrogen and oxygen atoms in total. The molecule has 21 heavy (non-hydrogen) atoms. The third kappa shape index (κ3) is 4.12. The van der Waals surface area contributed by atoms with Crippen LogP contribution in [0.25, 0.3) is 0 Å². The first-order valence-corrected chi connectivity index (χ1v) is 7.95. The van der Waals surface area contributed by atoms with Gasteiger partial charge in [-0.05, 0) is 52.7 Å². The number of hydrogen-bond acceptors (Lipinski definition) is 3. The molecule has 0 radical (unpaired) electrons. The predicted molar refractivity (Wildman–Crippen MR) is 90.3 cm³/mol. The van der Waals surface area contributed by atoms with E-state index in [9.17, 15) is 0 Å². The molecule has 0 aromatic heterocycles. The zero-order chi connectivity index (χ0) is 15.8. The Morgan fingerprint density at radius 1 is 1.24 bits per heavy atom. The Morgan fingerprint density at radius 2 is 1.81 bits per heavy atom. The monoisotopic (exact) mass is 310 g/mol. The molecule has 4 heteroatoms. The lowest BCUT2D eigenvalue weighted by atomic mass is 9.96. The van der Waals surface area contributed by atoms with Crippen LogP contribution in [0.3, 0.4) is 0 Å². The van der Waals surface area contributed by atoms with E-state index in [4.69, 9.17) is 22.1 Å². The van der Waals surface area contributed by atoms with E-state index in [0.717, 1.165) is 30.2 Å². The Balaban J connectivity index is 2.40. The fraction of sp³-hybridized carbons (Fsp3) is 0.647. The lowest BCUT2D eigenvalue weighted by Gasteiger charge is -2.48. The SMILES string of the molecule is CC(N)Cc1cccc(Cl)c1N1CC(C)(C)OC(C)(C)C1. The summed E-state index contributed by atoms with van der Waals surface area (Å²) < 4.78 is 6.16. The van der Waals surface area contributed by atoms with Gasteiger partial charge in [0.2, 0.25) is 0 Å². The van der Waals surface area contributed by atoms with Crippen molar-refractivity contribution in [1.82, 2.24) is 0 Å². The molecule has 1 aliphatic heterocycles. The van der Waals surface area contributed by atoms with Crippen molar-refractivity contribution < 1.29 is 4.74 Å². The van der Waals surface area contributed by atoms with Crippen LogP contribution in [0.4, 0.5) is 5.69 Å². The topological polar surface area (TPSA) is 38.5 Å². The molecule has 0 bridgehead atoms. The molecular weight excluding hydrogens is 284 g/mol. The molecule has 118 valence electrons. The summed E-state index contributed by atoms with van der Waals surface area (Å²) in [6.07, 6.45) is 0.827. The summed E-state index contributed by atoms with van der Waals surface area (Å²) in [5, 5.41) is 0.793. The number of halogens is 1.